The minimum absolute atomic E-state index is 0.164. The lowest BCUT2D eigenvalue weighted by Gasteiger charge is -2.22. The van der Waals surface area contributed by atoms with E-state index in [2.05, 4.69) is 10.3 Å². The second kappa shape index (κ2) is 8.11. The van der Waals surface area contributed by atoms with Crippen LogP contribution in [0.5, 0.6) is 0 Å². The number of fused-ring (bicyclic) bond motifs is 1. The Kier molecular flexibility index (Phi) is 5.22. The SMILES string of the molecule is N[C@@H](Cc1c[nH]c2ccccc12)C(=O)NC(c1ccccc1)c1ccccc1. The summed E-state index contributed by atoms with van der Waals surface area (Å²) in [4.78, 5) is 16.2. The predicted octanol–water partition coefficient (Wildman–Crippen LogP) is 3.94. The topological polar surface area (TPSA) is 70.9 Å². The number of carbonyl (C=O) groups is 1. The summed E-state index contributed by atoms with van der Waals surface area (Å²) in [6.45, 7) is 0. The second-order valence-electron chi connectivity index (χ2n) is 6.93. The molecular formula is C24H23N3O. The van der Waals surface area contributed by atoms with Crippen molar-refractivity contribution in [2.75, 3.05) is 0 Å². The van der Waals surface area contributed by atoms with Gasteiger partial charge < -0.3 is 16.0 Å². The Morgan fingerprint density at radius 2 is 1.43 bits per heavy atom. The molecule has 0 saturated carbocycles. The van der Waals surface area contributed by atoms with E-state index in [1.54, 1.807) is 0 Å². The van der Waals surface area contributed by atoms with E-state index in [1.807, 2.05) is 91.1 Å². The zero-order valence-corrected chi connectivity index (χ0v) is 15.5. The van der Waals surface area contributed by atoms with Crippen LogP contribution in [0.25, 0.3) is 10.9 Å². The minimum atomic E-state index is -0.630. The molecule has 140 valence electrons. The van der Waals surface area contributed by atoms with Crippen LogP contribution in [0.3, 0.4) is 0 Å². The Hall–Kier alpha value is -3.37. The van der Waals surface area contributed by atoms with E-state index in [-0.39, 0.29) is 11.9 Å². The molecule has 1 heterocycles. The summed E-state index contributed by atoms with van der Waals surface area (Å²) in [5.41, 5.74) is 10.4. The molecule has 0 unspecified atom stereocenters. The average Bonchev–Trinajstić information content (AvgIpc) is 3.16. The third-order valence-corrected chi connectivity index (χ3v) is 5.00. The lowest BCUT2D eigenvalue weighted by molar-refractivity contribution is -0.122. The fourth-order valence-electron chi connectivity index (χ4n) is 3.53. The molecule has 4 N–H and O–H groups in total. The highest BCUT2D eigenvalue weighted by Crippen LogP contribution is 2.23. The number of H-pyrrole nitrogens is 1. The molecule has 0 aliphatic rings. The van der Waals surface area contributed by atoms with Gasteiger partial charge in [-0.3, -0.25) is 4.79 Å². The Labute approximate surface area is 164 Å². The number of nitrogens with one attached hydrogen (secondary N) is 2. The van der Waals surface area contributed by atoms with Gasteiger partial charge in [-0.15, -0.1) is 0 Å². The summed E-state index contributed by atoms with van der Waals surface area (Å²) in [5.74, 6) is -0.164. The molecule has 0 spiro atoms. The minimum Gasteiger partial charge on any atom is -0.361 e. The van der Waals surface area contributed by atoms with Gasteiger partial charge in [-0.25, -0.2) is 0 Å². The molecule has 4 heteroatoms. The average molecular weight is 369 g/mol. The molecular weight excluding hydrogens is 346 g/mol. The number of carbonyl (C=O) groups excluding carboxylic acids is 1. The van der Waals surface area contributed by atoms with E-state index in [4.69, 9.17) is 5.73 Å². The standard InChI is InChI=1S/C24H23N3O/c25-21(15-19-16-26-22-14-8-7-13-20(19)22)24(28)27-23(17-9-3-1-4-10-17)18-11-5-2-6-12-18/h1-14,16,21,23,26H,15,25H2,(H,27,28)/t21-/m0/s1. The number of hydrogen-bond donors (Lipinski definition) is 3. The van der Waals surface area contributed by atoms with Gasteiger partial charge in [0.15, 0.2) is 0 Å². The molecule has 3 aromatic carbocycles. The summed E-state index contributed by atoms with van der Waals surface area (Å²) >= 11 is 0. The van der Waals surface area contributed by atoms with Crippen LogP contribution in [0.4, 0.5) is 0 Å². The Balaban J connectivity index is 1.54. The van der Waals surface area contributed by atoms with Crippen LogP contribution in [-0.2, 0) is 11.2 Å². The highest BCUT2D eigenvalue weighted by molar-refractivity contribution is 5.86. The van der Waals surface area contributed by atoms with Crippen LogP contribution in [-0.4, -0.2) is 16.9 Å². The van der Waals surface area contributed by atoms with Gasteiger partial charge in [-0.1, -0.05) is 78.9 Å². The van der Waals surface area contributed by atoms with Gasteiger partial charge in [-0.05, 0) is 29.2 Å². The molecule has 0 aliphatic heterocycles. The summed E-state index contributed by atoms with van der Waals surface area (Å²) in [5, 5.41) is 4.24. The summed E-state index contributed by atoms with van der Waals surface area (Å²) in [6.07, 6.45) is 2.41. The molecule has 28 heavy (non-hydrogen) atoms. The van der Waals surface area contributed by atoms with Gasteiger partial charge >= 0.3 is 0 Å². The monoisotopic (exact) mass is 369 g/mol. The second-order valence-corrected chi connectivity index (χ2v) is 6.93. The van der Waals surface area contributed by atoms with Crippen LogP contribution in [0, 0.1) is 0 Å². The Morgan fingerprint density at radius 3 is 2.07 bits per heavy atom. The van der Waals surface area contributed by atoms with Crippen molar-refractivity contribution >= 4 is 16.8 Å². The van der Waals surface area contributed by atoms with Gasteiger partial charge in [0, 0.05) is 17.1 Å². The van der Waals surface area contributed by atoms with Gasteiger partial charge in [0.05, 0.1) is 12.1 Å². The van der Waals surface area contributed by atoms with Crippen molar-refractivity contribution in [2.24, 2.45) is 5.73 Å². The summed E-state index contributed by atoms with van der Waals surface area (Å²) in [6, 6.07) is 27.1. The largest absolute Gasteiger partial charge is 0.361 e. The quantitative estimate of drug-likeness (QED) is 0.482. The number of aromatic nitrogens is 1. The number of nitrogens with two attached hydrogens (primary N) is 1. The first-order chi connectivity index (χ1) is 13.7. The fraction of sp³-hybridized carbons (Fsp3) is 0.125. The first kappa shape index (κ1) is 18.0. The van der Waals surface area contributed by atoms with Crippen LogP contribution in [0.15, 0.2) is 91.1 Å². The smallest absolute Gasteiger partial charge is 0.238 e. The van der Waals surface area contributed by atoms with Crippen molar-refractivity contribution in [2.45, 2.75) is 18.5 Å². The van der Waals surface area contributed by atoms with Gasteiger partial charge in [-0.2, -0.15) is 0 Å². The van der Waals surface area contributed by atoms with E-state index in [9.17, 15) is 4.79 Å². The van der Waals surface area contributed by atoms with Crippen molar-refractivity contribution in [1.29, 1.82) is 0 Å². The summed E-state index contributed by atoms with van der Waals surface area (Å²) in [7, 11) is 0. The molecule has 1 amide bonds. The van der Waals surface area contributed by atoms with Gasteiger partial charge in [0.25, 0.3) is 0 Å². The molecule has 1 atom stereocenters. The van der Waals surface area contributed by atoms with Crippen LogP contribution in [0.2, 0.25) is 0 Å². The van der Waals surface area contributed by atoms with E-state index >= 15 is 0 Å². The van der Waals surface area contributed by atoms with Crippen molar-refractivity contribution in [3.63, 3.8) is 0 Å². The maximum atomic E-state index is 12.9. The fourth-order valence-corrected chi connectivity index (χ4v) is 3.53. The number of hydrogen-bond acceptors (Lipinski definition) is 2. The molecule has 1 aromatic heterocycles. The van der Waals surface area contributed by atoms with Crippen LogP contribution < -0.4 is 11.1 Å². The highest BCUT2D eigenvalue weighted by Gasteiger charge is 2.21. The number of benzene rings is 3. The number of aromatic amines is 1. The van der Waals surface area contributed by atoms with Crippen molar-refractivity contribution in [1.82, 2.24) is 10.3 Å². The third-order valence-electron chi connectivity index (χ3n) is 5.00. The third kappa shape index (κ3) is 3.82. The maximum Gasteiger partial charge on any atom is 0.238 e. The predicted molar refractivity (Wildman–Crippen MR) is 113 cm³/mol. The Morgan fingerprint density at radius 1 is 0.857 bits per heavy atom. The molecule has 4 rings (SSSR count). The normalized spacial score (nSPS) is 12.2. The molecule has 0 aliphatic carbocycles. The van der Waals surface area contributed by atoms with E-state index < -0.39 is 6.04 Å². The number of rotatable bonds is 6. The van der Waals surface area contributed by atoms with Crippen molar-refractivity contribution < 1.29 is 4.79 Å². The van der Waals surface area contributed by atoms with E-state index in [0.29, 0.717) is 6.42 Å². The zero-order chi connectivity index (χ0) is 19.3. The first-order valence-electron chi connectivity index (χ1n) is 9.43. The molecule has 4 aromatic rings. The maximum absolute atomic E-state index is 12.9. The molecule has 0 bridgehead atoms. The number of amides is 1. The van der Waals surface area contributed by atoms with Gasteiger partial charge in [0.2, 0.25) is 5.91 Å². The van der Waals surface area contributed by atoms with Crippen molar-refractivity contribution in [3.8, 4) is 0 Å². The molecule has 4 nitrogen and oxygen atoms in total. The summed E-state index contributed by atoms with van der Waals surface area (Å²) < 4.78 is 0. The molecule has 0 fully saturated rings. The van der Waals surface area contributed by atoms with Crippen LogP contribution in [0.1, 0.15) is 22.7 Å². The lowest BCUT2D eigenvalue weighted by atomic mass is 9.97. The Bertz CT molecular complexity index is 1020. The van der Waals surface area contributed by atoms with E-state index in [1.165, 1.54) is 0 Å². The number of para-hydroxylation sites is 1. The van der Waals surface area contributed by atoms with Gasteiger partial charge in [0.1, 0.15) is 0 Å². The van der Waals surface area contributed by atoms with E-state index in [0.717, 1.165) is 27.6 Å². The highest BCUT2D eigenvalue weighted by atomic mass is 16.2. The first-order valence-corrected chi connectivity index (χ1v) is 9.43. The lowest BCUT2D eigenvalue weighted by Crippen LogP contribution is -2.43. The molecule has 0 radical (unpaired) electrons. The molecule has 0 saturated heterocycles. The van der Waals surface area contributed by atoms with Crippen LogP contribution >= 0.6 is 0 Å². The zero-order valence-electron chi connectivity index (χ0n) is 15.5. The van der Waals surface area contributed by atoms with Crippen molar-refractivity contribution in [3.05, 3.63) is 108 Å².